The van der Waals surface area contributed by atoms with Crippen LogP contribution in [0.5, 0.6) is 0 Å². The van der Waals surface area contributed by atoms with Gasteiger partial charge in [-0.2, -0.15) is 0 Å². The second kappa shape index (κ2) is 6.99. The lowest BCUT2D eigenvalue weighted by atomic mass is 10.1. The van der Waals surface area contributed by atoms with Crippen LogP contribution in [0.3, 0.4) is 0 Å². The Balaban J connectivity index is 2.95. The highest BCUT2D eigenvalue weighted by atomic mass is 16.3. The first kappa shape index (κ1) is 15.3. The molecule has 0 saturated carbocycles. The van der Waals surface area contributed by atoms with Crippen molar-refractivity contribution >= 4 is 17.3 Å². The second-order valence-electron chi connectivity index (χ2n) is 4.68. The van der Waals surface area contributed by atoms with E-state index in [1.165, 1.54) is 0 Å². The monoisotopic (exact) mass is 265 g/mol. The number of hydrogen-bond acceptors (Lipinski definition) is 4. The lowest BCUT2D eigenvalue weighted by molar-refractivity contribution is 0.0722. The Labute approximate surface area is 114 Å². The summed E-state index contributed by atoms with van der Waals surface area (Å²) in [4.78, 5) is 15.9. The number of aliphatic hydroxyl groups excluding tert-OH is 1. The maximum atomic E-state index is 12.3. The Hall–Kier alpha value is -1.75. The van der Waals surface area contributed by atoms with E-state index in [0.29, 0.717) is 24.3 Å². The Bertz CT molecular complexity index is 427. The summed E-state index contributed by atoms with van der Waals surface area (Å²) in [5, 5.41) is 9.01. The first-order valence-electron chi connectivity index (χ1n) is 6.48. The van der Waals surface area contributed by atoms with E-state index in [2.05, 4.69) is 0 Å². The number of nitrogen functional groups attached to an aromatic ring is 1. The van der Waals surface area contributed by atoms with Crippen molar-refractivity contribution in [2.45, 2.75) is 13.3 Å². The van der Waals surface area contributed by atoms with Gasteiger partial charge >= 0.3 is 0 Å². The number of benzene rings is 1. The van der Waals surface area contributed by atoms with E-state index in [9.17, 15) is 4.79 Å². The SMILES string of the molecule is CCCN(CCO)C(=O)c1ccc(N(C)C)c(N)c1. The molecule has 0 fully saturated rings. The normalized spacial score (nSPS) is 10.3. The minimum Gasteiger partial charge on any atom is -0.397 e. The molecule has 0 saturated heterocycles. The molecule has 106 valence electrons. The van der Waals surface area contributed by atoms with Crippen molar-refractivity contribution in [2.24, 2.45) is 0 Å². The van der Waals surface area contributed by atoms with Crippen molar-refractivity contribution in [3.63, 3.8) is 0 Å². The van der Waals surface area contributed by atoms with Crippen molar-refractivity contribution < 1.29 is 9.90 Å². The first-order chi connectivity index (χ1) is 9.01. The smallest absolute Gasteiger partial charge is 0.254 e. The van der Waals surface area contributed by atoms with Gasteiger partial charge in [0, 0.05) is 32.7 Å². The van der Waals surface area contributed by atoms with Crippen molar-refractivity contribution in [1.29, 1.82) is 0 Å². The summed E-state index contributed by atoms with van der Waals surface area (Å²) >= 11 is 0. The summed E-state index contributed by atoms with van der Waals surface area (Å²) in [6.45, 7) is 2.95. The van der Waals surface area contributed by atoms with E-state index in [4.69, 9.17) is 10.8 Å². The predicted octanol–water partition coefficient (Wildman–Crippen LogP) is 1.18. The van der Waals surface area contributed by atoms with Crippen molar-refractivity contribution in [2.75, 3.05) is 44.4 Å². The van der Waals surface area contributed by atoms with Gasteiger partial charge in [-0.25, -0.2) is 0 Å². The lowest BCUT2D eigenvalue weighted by Crippen LogP contribution is -2.34. The molecule has 1 rings (SSSR count). The maximum Gasteiger partial charge on any atom is 0.254 e. The molecule has 0 bridgehead atoms. The van der Waals surface area contributed by atoms with Crippen LogP contribution in [0.4, 0.5) is 11.4 Å². The summed E-state index contributed by atoms with van der Waals surface area (Å²) in [6, 6.07) is 5.30. The molecule has 19 heavy (non-hydrogen) atoms. The number of nitrogens with two attached hydrogens (primary N) is 1. The molecule has 5 heteroatoms. The minimum absolute atomic E-state index is 0.0308. The number of amides is 1. The fraction of sp³-hybridized carbons (Fsp3) is 0.500. The van der Waals surface area contributed by atoms with Crippen LogP contribution in [0.25, 0.3) is 0 Å². The molecule has 0 spiro atoms. The van der Waals surface area contributed by atoms with Gasteiger partial charge in [0.1, 0.15) is 0 Å². The molecular weight excluding hydrogens is 242 g/mol. The number of rotatable bonds is 6. The molecule has 0 aromatic heterocycles. The molecule has 1 aromatic carbocycles. The number of hydrogen-bond donors (Lipinski definition) is 2. The molecule has 1 aromatic rings. The second-order valence-corrected chi connectivity index (χ2v) is 4.68. The quantitative estimate of drug-likeness (QED) is 0.758. The molecule has 0 unspecified atom stereocenters. The summed E-state index contributed by atoms with van der Waals surface area (Å²) in [5.41, 5.74) is 7.98. The highest BCUT2D eigenvalue weighted by Gasteiger charge is 2.15. The first-order valence-corrected chi connectivity index (χ1v) is 6.48. The van der Waals surface area contributed by atoms with Crippen LogP contribution in [-0.4, -0.2) is 49.7 Å². The third kappa shape index (κ3) is 3.86. The van der Waals surface area contributed by atoms with Crippen LogP contribution >= 0.6 is 0 Å². The average molecular weight is 265 g/mol. The van der Waals surface area contributed by atoms with Gasteiger partial charge in [0.2, 0.25) is 0 Å². The van der Waals surface area contributed by atoms with Gasteiger partial charge in [0.25, 0.3) is 5.91 Å². The third-order valence-electron chi connectivity index (χ3n) is 2.91. The summed E-state index contributed by atoms with van der Waals surface area (Å²) < 4.78 is 0. The molecule has 0 heterocycles. The van der Waals surface area contributed by atoms with Crippen LogP contribution < -0.4 is 10.6 Å². The molecule has 3 N–H and O–H groups in total. The van der Waals surface area contributed by atoms with Crippen LogP contribution in [0.2, 0.25) is 0 Å². The molecular formula is C14H23N3O2. The molecule has 0 aliphatic rings. The standard InChI is InChI=1S/C14H23N3O2/c1-4-7-17(8-9-18)14(19)11-5-6-13(16(2)3)12(15)10-11/h5-6,10,18H,4,7-9,15H2,1-3H3. The number of nitrogens with zero attached hydrogens (tertiary/aromatic N) is 2. The van der Waals surface area contributed by atoms with E-state index < -0.39 is 0 Å². The zero-order chi connectivity index (χ0) is 14.4. The van der Waals surface area contributed by atoms with Crippen LogP contribution in [0.15, 0.2) is 18.2 Å². The lowest BCUT2D eigenvalue weighted by Gasteiger charge is -2.22. The van der Waals surface area contributed by atoms with Gasteiger partial charge in [0.05, 0.1) is 18.0 Å². The van der Waals surface area contributed by atoms with E-state index in [1.54, 1.807) is 17.0 Å². The molecule has 5 nitrogen and oxygen atoms in total. The van der Waals surface area contributed by atoms with E-state index in [1.807, 2.05) is 32.0 Å². The summed E-state index contributed by atoms with van der Waals surface area (Å²) in [5.74, 6) is -0.0899. The fourth-order valence-electron chi connectivity index (χ4n) is 1.98. The zero-order valence-electron chi connectivity index (χ0n) is 11.9. The Morgan fingerprint density at radius 2 is 2.00 bits per heavy atom. The summed E-state index contributed by atoms with van der Waals surface area (Å²) in [7, 11) is 3.81. The summed E-state index contributed by atoms with van der Waals surface area (Å²) in [6.07, 6.45) is 0.858. The van der Waals surface area contributed by atoms with Gasteiger partial charge in [-0.3, -0.25) is 4.79 Å². The van der Waals surface area contributed by atoms with Crippen LogP contribution in [-0.2, 0) is 0 Å². The average Bonchev–Trinajstić information content (AvgIpc) is 2.37. The molecule has 1 amide bonds. The van der Waals surface area contributed by atoms with E-state index in [-0.39, 0.29) is 12.5 Å². The van der Waals surface area contributed by atoms with Crippen molar-refractivity contribution in [1.82, 2.24) is 4.90 Å². The van der Waals surface area contributed by atoms with Gasteiger partial charge < -0.3 is 20.6 Å². The topological polar surface area (TPSA) is 69.8 Å². The molecule has 0 aliphatic heterocycles. The van der Waals surface area contributed by atoms with Gasteiger partial charge in [-0.1, -0.05) is 6.92 Å². The van der Waals surface area contributed by atoms with Crippen LogP contribution in [0, 0.1) is 0 Å². The Kier molecular flexibility index (Phi) is 5.63. The molecule has 0 radical (unpaired) electrons. The molecule has 0 aliphatic carbocycles. The largest absolute Gasteiger partial charge is 0.397 e. The predicted molar refractivity (Wildman–Crippen MR) is 78.5 cm³/mol. The number of aliphatic hydroxyl groups is 1. The Morgan fingerprint density at radius 3 is 2.47 bits per heavy atom. The fourth-order valence-corrected chi connectivity index (χ4v) is 1.98. The number of carbonyl (C=O) groups excluding carboxylic acids is 1. The van der Waals surface area contributed by atoms with Gasteiger partial charge in [0.15, 0.2) is 0 Å². The minimum atomic E-state index is -0.0899. The van der Waals surface area contributed by atoms with Gasteiger partial charge in [-0.05, 0) is 24.6 Å². The van der Waals surface area contributed by atoms with Crippen molar-refractivity contribution in [3.8, 4) is 0 Å². The zero-order valence-corrected chi connectivity index (χ0v) is 11.9. The third-order valence-corrected chi connectivity index (χ3v) is 2.91. The number of anilines is 2. The molecule has 0 atom stereocenters. The number of carbonyl (C=O) groups is 1. The maximum absolute atomic E-state index is 12.3. The van der Waals surface area contributed by atoms with E-state index in [0.717, 1.165) is 12.1 Å². The van der Waals surface area contributed by atoms with Crippen molar-refractivity contribution in [3.05, 3.63) is 23.8 Å². The van der Waals surface area contributed by atoms with Crippen LogP contribution in [0.1, 0.15) is 23.7 Å². The Morgan fingerprint density at radius 1 is 1.32 bits per heavy atom. The highest BCUT2D eigenvalue weighted by molar-refractivity contribution is 5.96. The van der Waals surface area contributed by atoms with E-state index >= 15 is 0 Å². The highest BCUT2D eigenvalue weighted by Crippen LogP contribution is 2.23. The van der Waals surface area contributed by atoms with Gasteiger partial charge in [-0.15, -0.1) is 0 Å².